The van der Waals surface area contributed by atoms with Crippen molar-refractivity contribution in [2.45, 2.75) is 13.1 Å². The van der Waals surface area contributed by atoms with E-state index in [-0.39, 0.29) is 12.5 Å². The Kier molecular flexibility index (Phi) is 4.56. The predicted octanol–water partition coefficient (Wildman–Crippen LogP) is 2.16. The van der Waals surface area contributed by atoms with Gasteiger partial charge in [-0.2, -0.15) is 0 Å². The largest absolute Gasteiger partial charge is 0.442 e. The minimum atomic E-state index is -0.643. The number of carbonyl (C=O) groups excluding carboxylic acids is 1. The van der Waals surface area contributed by atoms with Crippen LogP contribution in [0.1, 0.15) is 5.56 Å². The molecule has 6 heteroatoms. The number of rotatable bonds is 5. The Morgan fingerprint density at radius 1 is 1.08 bits per heavy atom. The molecule has 6 nitrogen and oxygen atoms in total. The predicted molar refractivity (Wildman–Crippen MR) is 89.1 cm³/mol. The number of hydrogen-bond donors (Lipinski definition) is 0. The lowest BCUT2D eigenvalue weighted by atomic mass is 10.2. The van der Waals surface area contributed by atoms with Crippen LogP contribution in [0.5, 0.6) is 0 Å². The summed E-state index contributed by atoms with van der Waals surface area (Å²) in [6, 6.07) is 18.8. The van der Waals surface area contributed by atoms with Crippen LogP contribution in [-0.4, -0.2) is 27.6 Å². The number of carbonyl (C=O) groups is 1. The zero-order chi connectivity index (χ0) is 16.9. The Morgan fingerprint density at radius 3 is 2.38 bits per heavy atom. The molecule has 0 radical (unpaired) electrons. The average Bonchev–Trinajstić information content (AvgIpc) is 2.97. The van der Waals surface area contributed by atoms with Crippen molar-refractivity contribution in [3.05, 3.63) is 76.8 Å². The monoisotopic (exact) mass is 323 g/mol. The summed E-state index contributed by atoms with van der Waals surface area (Å²) >= 11 is 0. The Labute approximate surface area is 138 Å². The van der Waals surface area contributed by atoms with Gasteiger partial charge in [0.05, 0.1) is 0 Å². The molecule has 0 bridgehead atoms. The molecule has 0 fully saturated rings. The summed E-state index contributed by atoms with van der Waals surface area (Å²) in [4.78, 5) is 25.9. The van der Waals surface area contributed by atoms with E-state index in [1.807, 2.05) is 60.7 Å². The smallest absolute Gasteiger partial charge is 0.340 e. The summed E-state index contributed by atoms with van der Waals surface area (Å²) < 4.78 is 5.98. The van der Waals surface area contributed by atoms with Crippen LogP contribution in [0.3, 0.4) is 0 Å². The second-order valence-electron chi connectivity index (χ2n) is 5.46. The van der Waals surface area contributed by atoms with Crippen LogP contribution in [0.4, 0.5) is 0 Å². The molecule has 0 aliphatic rings. The van der Waals surface area contributed by atoms with E-state index in [1.165, 1.54) is 4.57 Å². The molecule has 122 valence electrons. The lowest BCUT2D eigenvalue weighted by Crippen LogP contribution is -2.32. The zero-order valence-corrected chi connectivity index (χ0v) is 13.3. The maximum atomic E-state index is 12.4. The van der Waals surface area contributed by atoms with Crippen molar-refractivity contribution >= 4 is 5.91 Å². The van der Waals surface area contributed by atoms with E-state index in [4.69, 9.17) is 4.52 Å². The van der Waals surface area contributed by atoms with Crippen molar-refractivity contribution in [3.63, 3.8) is 0 Å². The highest BCUT2D eigenvalue weighted by atomic mass is 16.5. The summed E-state index contributed by atoms with van der Waals surface area (Å²) in [5, 5.41) is 3.79. The molecule has 0 saturated carbocycles. The first-order chi connectivity index (χ1) is 11.6. The normalized spacial score (nSPS) is 10.5. The number of nitrogens with zero attached hydrogens (tertiary/aromatic N) is 3. The highest BCUT2D eigenvalue weighted by Crippen LogP contribution is 2.15. The van der Waals surface area contributed by atoms with Gasteiger partial charge in [-0.05, 0) is 5.56 Å². The van der Waals surface area contributed by atoms with Crippen LogP contribution in [0, 0.1) is 0 Å². The van der Waals surface area contributed by atoms with Gasteiger partial charge >= 0.3 is 5.76 Å². The van der Waals surface area contributed by atoms with E-state index in [2.05, 4.69) is 5.16 Å². The van der Waals surface area contributed by atoms with Crippen LogP contribution >= 0.6 is 0 Å². The van der Waals surface area contributed by atoms with Crippen LogP contribution in [0.2, 0.25) is 0 Å². The molecule has 3 rings (SSSR count). The standard InChI is InChI=1S/C18H17N3O3/c1-20(12-14-8-4-2-5-9-14)16(22)13-21-17(19-24-18(21)23)15-10-6-3-7-11-15/h2-11H,12-13H2,1H3. The van der Waals surface area contributed by atoms with E-state index < -0.39 is 5.76 Å². The third-order valence-electron chi connectivity index (χ3n) is 3.70. The topological polar surface area (TPSA) is 68.3 Å². The van der Waals surface area contributed by atoms with Crippen molar-refractivity contribution in [1.82, 2.24) is 14.6 Å². The minimum absolute atomic E-state index is 0.115. The van der Waals surface area contributed by atoms with Crippen LogP contribution in [0.25, 0.3) is 11.4 Å². The van der Waals surface area contributed by atoms with Crippen LogP contribution in [0.15, 0.2) is 70.0 Å². The number of benzene rings is 2. The molecule has 0 unspecified atom stereocenters. The molecule has 0 saturated heterocycles. The van der Waals surface area contributed by atoms with Gasteiger partial charge in [-0.25, -0.2) is 9.36 Å². The van der Waals surface area contributed by atoms with Crippen molar-refractivity contribution in [2.24, 2.45) is 0 Å². The fourth-order valence-electron chi connectivity index (χ4n) is 2.40. The molecule has 3 aromatic rings. The average molecular weight is 323 g/mol. The Balaban J connectivity index is 1.78. The number of aromatic nitrogens is 2. The molecule has 0 spiro atoms. The number of amides is 1. The maximum absolute atomic E-state index is 12.4. The van der Waals surface area contributed by atoms with Crippen molar-refractivity contribution < 1.29 is 9.32 Å². The molecule has 0 N–H and O–H groups in total. The first-order valence-electron chi connectivity index (χ1n) is 7.55. The van der Waals surface area contributed by atoms with Gasteiger partial charge in [-0.15, -0.1) is 0 Å². The third-order valence-corrected chi connectivity index (χ3v) is 3.70. The van der Waals surface area contributed by atoms with Crippen molar-refractivity contribution in [3.8, 4) is 11.4 Å². The molecule has 0 aliphatic heterocycles. The quantitative estimate of drug-likeness (QED) is 0.721. The Bertz CT molecular complexity index is 869. The van der Waals surface area contributed by atoms with E-state index in [0.717, 1.165) is 11.1 Å². The molecule has 0 atom stereocenters. The second kappa shape index (κ2) is 6.95. The summed E-state index contributed by atoms with van der Waals surface area (Å²) in [5.41, 5.74) is 1.75. The van der Waals surface area contributed by atoms with Gasteiger partial charge in [-0.3, -0.25) is 9.32 Å². The third kappa shape index (κ3) is 3.43. The van der Waals surface area contributed by atoms with Crippen molar-refractivity contribution in [1.29, 1.82) is 0 Å². The first kappa shape index (κ1) is 15.7. The van der Waals surface area contributed by atoms with Gasteiger partial charge in [-0.1, -0.05) is 65.8 Å². The zero-order valence-electron chi connectivity index (χ0n) is 13.3. The molecule has 0 aliphatic carbocycles. The molecular weight excluding hydrogens is 306 g/mol. The van der Waals surface area contributed by atoms with E-state index in [1.54, 1.807) is 11.9 Å². The first-order valence-corrected chi connectivity index (χ1v) is 7.55. The lowest BCUT2D eigenvalue weighted by molar-refractivity contribution is -0.131. The Hall–Kier alpha value is -3.15. The number of likely N-dealkylation sites (N-methyl/N-ethyl adjacent to an activating group) is 1. The van der Waals surface area contributed by atoms with Gasteiger partial charge in [0.15, 0.2) is 5.82 Å². The van der Waals surface area contributed by atoms with Gasteiger partial charge in [0.1, 0.15) is 6.54 Å². The number of hydrogen-bond acceptors (Lipinski definition) is 4. The van der Waals surface area contributed by atoms with Crippen LogP contribution < -0.4 is 5.76 Å². The molecule has 1 amide bonds. The molecule has 1 heterocycles. The SMILES string of the molecule is CN(Cc1ccccc1)C(=O)Cn1c(-c2ccccc2)noc1=O. The maximum Gasteiger partial charge on any atom is 0.442 e. The van der Waals surface area contributed by atoms with Gasteiger partial charge in [0.25, 0.3) is 0 Å². The van der Waals surface area contributed by atoms with E-state index >= 15 is 0 Å². The van der Waals surface area contributed by atoms with Gasteiger partial charge in [0.2, 0.25) is 5.91 Å². The highest BCUT2D eigenvalue weighted by molar-refractivity contribution is 5.76. The fraction of sp³-hybridized carbons (Fsp3) is 0.167. The fourth-order valence-corrected chi connectivity index (χ4v) is 2.40. The lowest BCUT2D eigenvalue weighted by Gasteiger charge is -2.17. The van der Waals surface area contributed by atoms with Crippen molar-refractivity contribution in [2.75, 3.05) is 7.05 Å². The summed E-state index contributed by atoms with van der Waals surface area (Å²) in [5.74, 6) is -0.487. The van der Waals surface area contributed by atoms with E-state index in [0.29, 0.717) is 12.4 Å². The molecule has 1 aromatic heterocycles. The molecular formula is C18H17N3O3. The summed E-state index contributed by atoms with van der Waals surface area (Å²) in [6.07, 6.45) is 0. The van der Waals surface area contributed by atoms with Gasteiger partial charge < -0.3 is 4.90 Å². The molecule has 24 heavy (non-hydrogen) atoms. The summed E-state index contributed by atoms with van der Waals surface area (Å²) in [7, 11) is 1.70. The van der Waals surface area contributed by atoms with E-state index in [9.17, 15) is 9.59 Å². The second-order valence-corrected chi connectivity index (χ2v) is 5.46. The Morgan fingerprint density at radius 2 is 1.71 bits per heavy atom. The highest BCUT2D eigenvalue weighted by Gasteiger charge is 2.18. The van der Waals surface area contributed by atoms with Gasteiger partial charge in [0, 0.05) is 19.2 Å². The van der Waals surface area contributed by atoms with Crippen LogP contribution in [-0.2, 0) is 17.9 Å². The summed E-state index contributed by atoms with van der Waals surface area (Å²) in [6.45, 7) is 0.357. The molecule has 2 aromatic carbocycles. The minimum Gasteiger partial charge on any atom is -0.340 e.